The summed E-state index contributed by atoms with van der Waals surface area (Å²) in [5.41, 5.74) is 12.5. The molecular formula is C9H13N3O3. The SMILES string of the molecule is Cc1c(CCO)cc([N+](=O)[O-])c(N)c1N. The van der Waals surface area contributed by atoms with Crippen molar-refractivity contribution in [2.75, 3.05) is 18.1 Å². The Hall–Kier alpha value is -1.82. The number of nitro benzene ring substituents is 1. The molecule has 6 heteroatoms. The standard InChI is InChI=1S/C9H13N3O3/c1-5-6(2-3-13)4-7(12(14)15)9(11)8(5)10/h4,13H,2-3,10-11H2,1H3. The third-order valence-electron chi connectivity index (χ3n) is 2.34. The van der Waals surface area contributed by atoms with Crippen molar-refractivity contribution in [3.8, 4) is 0 Å². The lowest BCUT2D eigenvalue weighted by molar-refractivity contribution is -0.383. The maximum atomic E-state index is 10.6. The molecule has 15 heavy (non-hydrogen) atoms. The summed E-state index contributed by atoms with van der Waals surface area (Å²) in [6.07, 6.45) is 0.331. The Morgan fingerprint density at radius 2 is 2.07 bits per heavy atom. The van der Waals surface area contributed by atoms with Gasteiger partial charge in [-0.15, -0.1) is 0 Å². The second kappa shape index (κ2) is 4.14. The zero-order chi connectivity index (χ0) is 11.6. The molecule has 0 aromatic heterocycles. The average Bonchev–Trinajstić information content (AvgIpc) is 2.18. The van der Waals surface area contributed by atoms with Gasteiger partial charge in [0, 0.05) is 12.7 Å². The number of aliphatic hydroxyl groups is 1. The minimum atomic E-state index is -0.577. The summed E-state index contributed by atoms with van der Waals surface area (Å²) in [7, 11) is 0. The molecule has 1 aromatic carbocycles. The van der Waals surface area contributed by atoms with Crippen LogP contribution < -0.4 is 11.5 Å². The number of nitrogens with zero attached hydrogens (tertiary/aromatic N) is 1. The molecule has 0 spiro atoms. The van der Waals surface area contributed by atoms with Crippen molar-refractivity contribution in [3.05, 3.63) is 27.3 Å². The van der Waals surface area contributed by atoms with E-state index in [4.69, 9.17) is 16.6 Å². The van der Waals surface area contributed by atoms with E-state index in [1.165, 1.54) is 6.07 Å². The highest BCUT2D eigenvalue weighted by Gasteiger charge is 2.18. The van der Waals surface area contributed by atoms with Gasteiger partial charge < -0.3 is 16.6 Å². The molecule has 0 saturated heterocycles. The minimum absolute atomic E-state index is 0.0146. The number of hydrogen-bond donors (Lipinski definition) is 3. The summed E-state index contributed by atoms with van der Waals surface area (Å²) < 4.78 is 0. The van der Waals surface area contributed by atoms with E-state index in [1.807, 2.05) is 0 Å². The number of nitrogen functional groups attached to an aromatic ring is 2. The number of benzene rings is 1. The largest absolute Gasteiger partial charge is 0.397 e. The second-order valence-corrected chi connectivity index (χ2v) is 3.24. The fraction of sp³-hybridized carbons (Fsp3) is 0.333. The molecule has 6 nitrogen and oxygen atoms in total. The first-order valence-corrected chi connectivity index (χ1v) is 4.41. The average molecular weight is 211 g/mol. The summed E-state index contributed by atoms with van der Waals surface area (Å²) in [5, 5.41) is 19.4. The number of nitrogens with two attached hydrogens (primary N) is 2. The lowest BCUT2D eigenvalue weighted by Crippen LogP contribution is -2.06. The van der Waals surface area contributed by atoms with Crippen LogP contribution in [0.25, 0.3) is 0 Å². The van der Waals surface area contributed by atoms with Crippen molar-refractivity contribution >= 4 is 17.1 Å². The van der Waals surface area contributed by atoms with Crippen LogP contribution in [0.3, 0.4) is 0 Å². The normalized spacial score (nSPS) is 10.3. The van der Waals surface area contributed by atoms with Gasteiger partial charge >= 0.3 is 0 Å². The second-order valence-electron chi connectivity index (χ2n) is 3.24. The van der Waals surface area contributed by atoms with Gasteiger partial charge in [-0.05, 0) is 24.5 Å². The van der Waals surface area contributed by atoms with Crippen LogP contribution in [0.1, 0.15) is 11.1 Å². The monoisotopic (exact) mass is 211 g/mol. The molecule has 0 heterocycles. The van der Waals surface area contributed by atoms with Crippen molar-refractivity contribution in [2.45, 2.75) is 13.3 Å². The first kappa shape index (κ1) is 11.3. The molecule has 1 aromatic rings. The smallest absolute Gasteiger partial charge is 0.294 e. The molecule has 0 atom stereocenters. The third-order valence-corrected chi connectivity index (χ3v) is 2.34. The van der Waals surface area contributed by atoms with Gasteiger partial charge in [-0.2, -0.15) is 0 Å². The maximum Gasteiger partial charge on any atom is 0.294 e. The van der Waals surface area contributed by atoms with Crippen LogP contribution in [0.5, 0.6) is 0 Å². The van der Waals surface area contributed by atoms with Gasteiger partial charge in [0.1, 0.15) is 5.69 Å². The van der Waals surface area contributed by atoms with Crippen LogP contribution in [0, 0.1) is 17.0 Å². The summed E-state index contributed by atoms with van der Waals surface area (Å²) in [6, 6.07) is 1.36. The molecule has 0 aliphatic carbocycles. The van der Waals surface area contributed by atoms with E-state index in [0.29, 0.717) is 17.5 Å². The fourth-order valence-corrected chi connectivity index (χ4v) is 1.40. The van der Waals surface area contributed by atoms with Crippen LogP contribution in [-0.4, -0.2) is 16.6 Å². The molecule has 0 aliphatic rings. The Balaban J connectivity index is 3.38. The zero-order valence-electron chi connectivity index (χ0n) is 8.36. The summed E-state index contributed by atoms with van der Waals surface area (Å²) >= 11 is 0. The van der Waals surface area contributed by atoms with Crippen LogP contribution in [0.15, 0.2) is 6.07 Å². The minimum Gasteiger partial charge on any atom is -0.397 e. The Morgan fingerprint density at radius 1 is 1.47 bits per heavy atom. The molecular weight excluding hydrogens is 198 g/mol. The predicted molar refractivity (Wildman–Crippen MR) is 57.4 cm³/mol. The molecule has 0 saturated carbocycles. The van der Waals surface area contributed by atoms with E-state index in [1.54, 1.807) is 6.92 Å². The lowest BCUT2D eigenvalue weighted by atomic mass is 10.0. The van der Waals surface area contributed by atoms with Gasteiger partial charge in [-0.3, -0.25) is 10.1 Å². The quantitative estimate of drug-likeness (QED) is 0.384. The lowest BCUT2D eigenvalue weighted by Gasteiger charge is -2.10. The zero-order valence-corrected chi connectivity index (χ0v) is 8.36. The van der Waals surface area contributed by atoms with Gasteiger partial charge in [-0.1, -0.05) is 0 Å². The highest BCUT2D eigenvalue weighted by Crippen LogP contribution is 2.32. The fourth-order valence-electron chi connectivity index (χ4n) is 1.40. The van der Waals surface area contributed by atoms with Crippen molar-refractivity contribution in [2.24, 2.45) is 0 Å². The Bertz CT molecular complexity index is 404. The molecule has 0 bridgehead atoms. The summed E-state index contributed by atoms with van der Waals surface area (Å²) in [4.78, 5) is 10.1. The van der Waals surface area contributed by atoms with Crippen LogP contribution >= 0.6 is 0 Å². The topological polar surface area (TPSA) is 115 Å². The van der Waals surface area contributed by atoms with Gasteiger partial charge in [0.05, 0.1) is 10.6 Å². The Kier molecular flexibility index (Phi) is 3.11. The van der Waals surface area contributed by atoms with E-state index in [9.17, 15) is 10.1 Å². The number of anilines is 2. The third kappa shape index (κ3) is 1.99. The number of hydrogen-bond acceptors (Lipinski definition) is 5. The molecule has 82 valence electrons. The first-order valence-electron chi connectivity index (χ1n) is 4.41. The molecule has 0 unspecified atom stereocenters. The highest BCUT2D eigenvalue weighted by molar-refractivity contribution is 5.78. The van der Waals surface area contributed by atoms with E-state index < -0.39 is 4.92 Å². The van der Waals surface area contributed by atoms with E-state index in [2.05, 4.69) is 0 Å². The van der Waals surface area contributed by atoms with Gasteiger partial charge in [0.25, 0.3) is 5.69 Å². The number of aliphatic hydroxyl groups excluding tert-OH is 1. The molecule has 0 fully saturated rings. The van der Waals surface area contributed by atoms with E-state index in [-0.39, 0.29) is 23.7 Å². The van der Waals surface area contributed by atoms with Crippen molar-refractivity contribution in [1.29, 1.82) is 0 Å². The molecule has 0 radical (unpaired) electrons. The van der Waals surface area contributed by atoms with E-state index >= 15 is 0 Å². The van der Waals surface area contributed by atoms with E-state index in [0.717, 1.165) is 0 Å². The van der Waals surface area contributed by atoms with Crippen molar-refractivity contribution < 1.29 is 10.0 Å². The molecule has 5 N–H and O–H groups in total. The predicted octanol–water partition coefficient (Wildman–Crippen LogP) is 0.602. The van der Waals surface area contributed by atoms with Crippen LogP contribution in [-0.2, 0) is 6.42 Å². The summed E-state index contributed by atoms with van der Waals surface area (Å²) in [6.45, 7) is 1.64. The highest BCUT2D eigenvalue weighted by atomic mass is 16.6. The number of rotatable bonds is 3. The first-order chi connectivity index (χ1) is 6.99. The molecule has 0 aliphatic heterocycles. The maximum absolute atomic E-state index is 10.6. The number of nitro groups is 1. The Morgan fingerprint density at radius 3 is 2.53 bits per heavy atom. The Labute approximate surface area is 86.7 Å². The van der Waals surface area contributed by atoms with Crippen molar-refractivity contribution in [1.82, 2.24) is 0 Å². The summed E-state index contributed by atoms with van der Waals surface area (Å²) in [5.74, 6) is 0. The van der Waals surface area contributed by atoms with Gasteiger partial charge in [0.2, 0.25) is 0 Å². The van der Waals surface area contributed by atoms with Crippen molar-refractivity contribution in [3.63, 3.8) is 0 Å². The molecule has 1 rings (SSSR count). The van der Waals surface area contributed by atoms with Gasteiger partial charge in [0.15, 0.2) is 0 Å². The van der Waals surface area contributed by atoms with Crippen LogP contribution in [0.4, 0.5) is 17.1 Å². The van der Waals surface area contributed by atoms with Crippen LogP contribution in [0.2, 0.25) is 0 Å². The van der Waals surface area contributed by atoms with Gasteiger partial charge in [-0.25, -0.2) is 0 Å². The molecule has 0 amide bonds.